The Labute approximate surface area is 125 Å². The Hall–Kier alpha value is -1.43. The molecule has 1 heterocycles. The zero-order chi connectivity index (χ0) is 14.9. The molecule has 21 heavy (non-hydrogen) atoms. The molecular formula is C16H20N2O2S. The van der Waals surface area contributed by atoms with Crippen molar-refractivity contribution in [3.05, 3.63) is 42.5 Å². The summed E-state index contributed by atoms with van der Waals surface area (Å²) in [4.78, 5) is 0.393. The van der Waals surface area contributed by atoms with Crippen molar-refractivity contribution < 1.29 is 8.42 Å². The molecule has 1 saturated heterocycles. The second kappa shape index (κ2) is 5.75. The minimum atomic E-state index is -3.38. The minimum absolute atomic E-state index is 0.393. The van der Waals surface area contributed by atoms with Crippen molar-refractivity contribution in [1.82, 2.24) is 9.62 Å². The molecule has 0 unspecified atom stereocenters. The molecule has 4 nitrogen and oxygen atoms in total. The molecule has 3 rings (SSSR count). The summed E-state index contributed by atoms with van der Waals surface area (Å²) in [6, 6.07) is 13.6. The largest absolute Gasteiger partial charge is 0.317 e. The minimum Gasteiger partial charge on any atom is -0.317 e. The van der Waals surface area contributed by atoms with E-state index in [9.17, 15) is 8.42 Å². The first-order valence-electron chi connectivity index (χ1n) is 7.27. The summed E-state index contributed by atoms with van der Waals surface area (Å²) in [7, 11) is -1.45. The van der Waals surface area contributed by atoms with Crippen LogP contribution >= 0.6 is 0 Å². The van der Waals surface area contributed by atoms with Crippen molar-refractivity contribution in [2.75, 3.05) is 20.1 Å². The summed E-state index contributed by atoms with van der Waals surface area (Å²) in [5.74, 6) is 0. The number of nitrogens with one attached hydrogen (secondary N) is 1. The van der Waals surface area contributed by atoms with Gasteiger partial charge in [0.25, 0.3) is 0 Å². The summed E-state index contributed by atoms with van der Waals surface area (Å²) >= 11 is 0. The van der Waals surface area contributed by atoms with Gasteiger partial charge in [0.1, 0.15) is 0 Å². The summed E-state index contributed by atoms with van der Waals surface area (Å²) in [5, 5.41) is 5.24. The predicted octanol–water partition coefficient (Wildman–Crippen LogP) is 2.21. The molecule has 0 aliphatic carbocycles. The van der Waals surface area contributed by atoms with Crippen LogP contribution in [0.25, 0.3) is 10.8 Å². The van der Waals surface area contributed by atoms with Gasteiger partial charge in [-0.25, -0.2) is 8.42 Å². The molecule has 1 N–H and O–H groups in total. The third-order valence-electron chi connectivity index (χ3n) is 4.22. The van der Waals surface area contributed by atoms with Crippen LogP contribution in [0.2, 0.25) is 0 Å². The molecule has 112 valence electrons. The normalized spacial score (nSPS) is 18.1. The van der Waals surface area contributed by atoms with Gasteiger partial charge in [-0.2, -0.15) is 4.31 Å². The monoisotopic (exact) mass is 304 g/mol. The van der Waals surface area contributed by atoms with E-state index in [1.807, 2.05) is 37.4 Å². The second-order valence-electron chi connectivity index (χ2n) is 5.48. The second-order valence-corrected chi connectivity index (χ2v) is 7.41. The van der Waals surface area contributed by atoms with E-state index in [2.05, 4.69) is 5.32 Å². The molecule has 0 radical (unpaired) electrons. The number of hydrogen-bond acceptors (Lipinski definition) is 3. The highest BCUT2D eigenvalue weighted by Crippen LogP contribution is 2.24. The highest BCUT2D eigenvalue weighted by atomic mass is 32.2. The molecule has 0 atom stereocenters. The topological polar surface area (TPSA) is 49.4 Å². The number of nitrogens with zero attached hydrogens (tertiary/aromatic N) is 1. The van der Waals surface area contributed by atoms with E-state index in [0.29, 0.717) is 24.0 Å². The van der Waals surface area contributed by atoms with Gasteiger partial charge in [-0.3, -0.25) is 0 Å². The molecule has 5 heteroatoms. The Kier molecular flexibility index (Phi) is 3.97. The van der Waals surface area contributed by atoms with Gasteiger partial charge in [0.05, 0.1) is 4.90 Å². The van der Waals surface area contributed by atoms with E-state index < -0.39 is 10.0 Å². The van der Waals surface area contributed by atoms with Gasteiger partial charge in [0.2, 0.25) is 10.0 Å². The van der Waals surface area contributed by atoms with Crippen LogP contribution in [0.4, 0.5) is 0 Å². The van der Waals surface area contributed by atoms with Crippen LogP contribution in [0.1, 0.15) is 12.8 Å². The Morgan fingerprint density at radius 1 is 1.05 bits per heavy atom. The number of hydrogen-bond donors (Lipinski definition) is 1. The summed E-state index contributed by atoms with van der Waals surface area (Å²) in [6.45, 7) is 1.17. The van der Waals surface area contributed by atoms with Crippen molar-refractivity contribution >= 4 is 20.8 Å². The van der Waals surface area contributed by atoms with Crippen LogP contribution in [0.15, 0.2) is 47.4 Å². The quantitative estimate of drug-likeness (QED) is 0.946. The van der Waals surface area contributed by atoms with Crippen LogP contribution in [0, 0.1) is 0 Å². The van der Waals surface area contributed by atoms with E-state index in [1.165, 1.54) is 0 Å². The third kappa shape index (κ3) is 2.81. The van der Waals surface area contributed by atoms with Gasteiger partial charge in [-0.05, 0) is 42.8 Å². The maximum atomic E-state index is 12.7. The maximum Gasteiger partial charge on any atom is 0.243 e. The van der Waals surface area contributed by atoms with E-state index in [0.717, 1.165) is 23.6 Å². The fraction of sp³-hybridized carbons (Fsp3) is 0.375. The Balaban J connectivity index is 1.89. The highest BCUT2D eigenvalue weighted by Gasteiger charge is 2.28. The lowest BCUT2D eigenvalue weighted by Gasteiger charge is -2.31. The lowest BCUT2D eigenvalue weighted by Crippen LogP contribution is -2.43. The lowest BCUT2D eigenvalue weighted by atomic mass is 10.1. The molecule has 0 saturated carbocycles. The van der Waals surface area contributed by atoms with Gasteiger partial charge in [-0.15, -0.1) is 0 Å². The predicted molar refractivity (Wildman–Crippen MR) is 84.8 cm³/mol. The van der Waals surface area contributed by atoms with E-state index in [-0.39, 0.29) is 0 Å². The maximum absolute atomic E-state index is 12.7. The van der Waals surface area contributed by atoms with Crippen LogP contribution in [-0.4, -0.2) is 38.9 Å². The van der Waals surface area contributed by atoms with Crippen molar-refractivity contribution in [3.63, 3.8) is 0 Å². The summed E-state index contributed by atoms with van der Waals surface area (Å²) in [5.41, 5.74) is 0. The van der Waals surface area contributed by atoms with Gasteiger partial charge in [-0.1, -0.05) is 30.3 Å². The molecule has 0 aromatic heterocycles. The van der Waals surface area contributed by atoms with Gasteiger partial charge in [0.15, 0.2) is 0 Å². The van der Waals surface area contributed by atoms with Crippen molar-refractivity contribution in [2.24, 2.45) is 0 Å². The third-order valence-corrected chi connectivity index (χ3v) is 6.12. The Bertz CT molecular complexity index is 735. The van der Waals surface area contributed by atoms with Crippen molar-refractivity contribution in [2.45, 2.75) is 23.8 Å². The first-order chi connectivity index (χ1) is 10.1. The standard InChI is InChI=1S/C16H20N2O2S/c1-17-15-8-10-18(11-9-15)21(19,20)16-7-6-13-4-2-3-5-14(13)12-16/h2-7,12,15,17H,8-11H2,1H3. The molecule has 2 aromatic carbocycles. The molecule has 0 spiro atoms. The van der Waals surface area contributed by atoms with E-state index >= 15 is 0 Å². The zero-order valence-corrected chi connectivity index (χ0v) is 12.9. The molecule has 2 aromatic rings. The number of benzene rings is 2. The van der Waals surface area contributed by atoms with Gasteiger partial charge < -0.3 is 5.32 Å². The highest BCUT2D eigenvalue weighted by molar-refractivity contribution is 7.89. The molecule has 1 aliphatic heterocycles. The van der Waals surface area contributed by atoms with E-state index in [4.69, 9.17) is 0 Å². The van der Waals surface area contributed by atoms with E-state index in [1.54, 1.807) is 16.4 Å². The summed E-state index contributed by atoms with van der Waals surface area (Å²) in [6.07, 6.45) is 1.73. The number of piperidine rings is 1. The first kappa shape index (κ1) is 14.5. The Morgan fingerprint density at radius 3 is 2.38 bits per heavy atom. The molecular weight excluding hydrogens is 284 g/mol. The zero-order valence-electron chi connectivity index (χ0n) is 12.1. The van der Waals surface area contributed by atoms with Crippen LogP contribution in [0.3, 0.4) is 0 Å². The SMILES string of the molecule is CNC1CCN(S(=O)(=O)c2ccc3ccccc3c2)CC1. The van der Waals surface area contributed by atoms with Gasteiger partial charge >= 0.3 is 0 Å². The lowest BCUT2D eigenvalue weighted by molar-refractivity contribution is 0.298. The number of rotatable bonds is 3. The van der Waals surface area contributed by atoms with Crippen molar-refractivity contribution in [1.29, 1.82) is 0 Å². The van der Waals surface area contributed by atoms with Crippen molar-refractivity contribution in [3.8, 4) is 0 Å². The molecule has 1 fully saturated rings. The van der Waals surface area contributed by atoms with Crippen LogP contribution < -0.4 is 5.32 Å². The fourth-order valence-electron chi connectivity index (χ4n) is 2.86. The average molecular weight is 304 g/mol. The molecule has 1 aliphatic rings. The molecule has 0 amide bonds. The van der Waals surface area contributed by atoms with Gasteiger partial charge in [0, 0.05) is 19.1 Å². The molecule has 0 bridgehead atoms. The smallest absolute Gasteiger partial charge is 0.243 e. The average Bonchev–Trinajstić information content (AvgIpc) is 2.54. The van der Waals surface area contributed by atoms with Crippen LogP contribution in [0.5, 0.6) is 0 Å². The first-order valence-corrected chi connectivity index (χ1v) is 8.71. The Morgan fingerprint density at radius 2 is 1.71 bits per heavy atom. The fourth-order valence-corrected chi connectivity index (χ4v) is 4.37. The van der Waals surface area contributed by atoms with Crippen LogP contribution in [-0.2, 0) is 10.0 Å². The summed E-state index contributed by atoms with van der Waals surface area (Å²) < 4.78 is 27.1. The number of sulfonamides is 1. The number of fused-ring (bicyclic) bond motifs is 1.